The highest BCUT2D eigenvalue weighted by Crippen LogP contribution is 2.48. The second-order valence-corrected chi connectivity index (χ2v) is 15.4. The van der Waals surface area contributed by atoms with E-state index in [1.54, 1.807) is 24.9 Å². The van der Waals surface area contributed by atoms with Crippen molar-refractivity contribution in [3.63, 3.8) is 0 Å². The summed E-state index contributed by atoms with van der Waals surface area (Å²) in [5.41, 5.74) is 3.52. The zero-order valence-electron chi connectivity index (χ0n) is 26.0. The second-order valence-electron chi connectivity index (χ2n) is 11.6. The first-order valence-corrected chi connectivity index (χ1v) is 18.0. The van der Waals surface area contributed by atoms with Gasteiger partial charge in [0.1, 0.15) is 6.35 Å². The normalized spacial score (nSPS) is 16.5. The Morgan fingerprint density at radius 1 is 1.02 bits per heavy atom. The molecule has 2 aromatic heterocycles. The van der Waals surface area contributed by atoms with Gasteiger partial charge >= 0.3 is 13.2 Å². The molecule has 0 spiro atoms. The minimum atomic E-state index is -4.01. The number of hydrogen-bond acceptors (Lipinski definition) is 9. The molecule has 232 valence electrons. The second kappa shape index (κ2) is 13.1. The van der Waals surface area contributed by atoms with Gasteiger partial charge in [-0.25, -0.2) is 13.4 Å². The van der Waals surface area contributed by atoms with Gasteiger partial charge in [0, 0.05) is 6.54 Å². The van der Waals surface area contributed by atoms with E-state index in [1.807, 2.05) is 44.8 Å². The molecule has 0 bridgehead atoms. The Bertz CT molecular complexity index is 1520. The van der Waals surface area contributed by atoms with E-state index < -0.39 is 17.4 Å². The molecule has 0 amide bonds. The lowest BCUT2D eigenvalue weighted by atomic mass is 9.89. The Labute approximate surface area is 249 Å². The van der Waals surface area contributed by atoms with E-state index in [-0.39, 0.29) is 48.4 Å². The van der Waals surface area contributed by atoms with E-state index in [0.29, 0.717) is 35.6 Å². The first kappa shape index (κ1) is 32.5. The van der Waals surface area contributed by atoms with Gasteiger partial charge in [-0.05, 0) is 54.7 Å². The standard InChI is InChI=1S/C29H44N5O6PS/c1-9-39-41(35,40-10-2)18-38-23-11-12-33(15-23)34-17-32-26-28(34)30-16-31-29(26)42(36,37)27-24(20(5)6)13-22(19(3)4)14-25(27)21(7)8/h13-14,16-17,19-21,23H,9-12,15,18H2,1-8H3/p+1. The molecule has 1 fully saturated rings. The van der Waals surface area contributed by atoms with Crippen LogP contribution in [0.15, 0.2) is 34.7 Å². The Kier molecular flexibility index (Phi) is 10.1. The maximum absolute atomic E-state index is 14.4. The molecule has 42 heavy (non-hydrogen) atoms. The van der Waals surface area contributed by atoms with Crippen molar-refractivity contribution in [2.24, 2.45) is 0 Å². The van der Waals surface area contributed by atoms with Gasteiger partial charge in [-0.15, -0.1) is 4.68 Å². The molecule has 4 rings (SSSR count). The van der Waals surface area contributed by atoms with Crippen LogP contribution in [0, 0.1) is 0 Å². The first-order valence-electron chi connectivity index (χ1n) is 14.7. The van der Waals surface area contributed by atoms with E-state index in [1.165, 1.54) is 6.33 Å². The van der Waals surface area contributed by atoms with Crippen LogP contribution in [0.5, 0.6) is 0 Å². The van der Waals surface area contributed by atoms with Crippen molar-refractivity contribution in [3.05, 3.63) is 41.5 Å². The third-order valence-electron chi connectivity index (χ3n) is 7.49. The molecule has 1 saturated heterocycles. The molecule has 3 aromatic rings. The topological polar surface area (TPSA) is 128 Å². The number of ether oxygens (including phenoxy) is 1. The Morgan fingerprint density at radius 3 is 2.19 bits per heavy atom. The van der Waals surface area contributed by atoms with Crippen molar-refractivity contribution >= 4 is 28.6 Å². The molecule has 1 atom stereocenters. The van der Waals surface area contributed by atoms with Crippen LogP contribution >= 0.6 is 7.60 Å². The predicted molar refractivity (Wildman–Crippen MR) is 161 cm³/mol. The largest absolute Gasteiger partial charge is 0.364 e. The van der Waals surface area contributed by atoms with Crippen LogP contribution in [-0.2, 0) is 28.2 Å². The summed E-state index contributed by atoms with van der Waals surface area (Å²) < 4.78 is 60.1. The number of benzene rings is 1. The van der Waals surface area contributed by atoms with Crippen LogP contribution in [-0.4, -0.2) is 62.1 Å². The zero-order valence-corrected chi connectivity index (χ0v) is 27.7. The number of imidazole rings is 1. The van der Waals surface area contributed by atoms with Gasteiger partial charge in [0.15, 0.2) is 6.33 Å². The molecule has 0 radical (unpaired) electrons. The van der Waals surface area contributed by atoms with Crippen molar-refractivity contribution in [1.82, 2.24) is 15.0 Å². The third kappa shape index (κ3) is 6.58. The summed E-state index contributed by atoms with van der Waals surface area (Å²) in [7, 11) is -7.33. The molecule has 1 aromatic carbocycles. The van der Waals surface area contributed by atoms with Crippen molar-refractivity contribution in [3.8, 4) is 0 Å². The first-order chi connectivity index (χ1) is 19.8. The fourth-order valence-electron chi connectivity index (χ4n) is 5.31. The highest BCUT2D eigenvalue weighted by Gasteiger charge is 2.36. The summed E-state index contributed by atoms with van der Waals surface area (Å²) in [6.07, 6.45) is 3.36. The van der Waals surface area contributed by atoms with Gasteiger partial charge in [0.25, 0.3) is 0 Å². The highest BCUT2D eigenvalue weighted by atomic mass is 32.2. The number of hydrogen-bond donors (Lipinski definition) is 1. The molecule has 0 saturated carbocycles. The lowest BCUT2D eigenvalue weighted by Gasteiger charge is -2.22. The number of sulfone groups is 1. The van der Waals surface area contributed by atoms with Gasteiger partial charge in [-0.2, -0.15) is 0 Å². The van der Waals surface area contributed by atoms with Crippen LogP contribution < -0.4 is 9.69 Å². The Hall–Kier alpha value is -2.37. The van der Waals surface area contributed by atoms with Gasteiger partial charge < -0.3 is 13.8 Å². The quantitative estimate of drug-likeness (QED) is 0.151. The van der Waals surface area contributed by atoms with Gasteiger partial charge in [-0.1, -0.05) is 58.7 Å². The monoisotopic (exact) mass is 622 g/mol. The number of aromatic nitrogens is 4. The Balaban J connectivity index is 1.68. The van der Waals surface area contributed by atoms with E-state index in [0.717, 1.165) is 16.7 Å². The van der Waals surface area contributed by atoms with E-state index >= 15 is 0 Å². The summed E-state index contributed by atoms with van der Waals surface area (Å²) in [6, 6.07) is 4.06. The molecular weight excluding hydrogens is 577 g/mol. The summed E-state index contributed by atoms with van der Waals surface area (Å²) in [6.45, 7) is 17.5. The van der Waals surface area contributed by atoms with Crippen molar-refractivity contribution in [1.29, 1.82) is 0 Å². The maximum atomic E-state index is 14.4. The summed E-state index contributed by atoms with van der Waals surface area (Å²) >= 11 is 0. The molecule has 1 unspecified atom stereocenters. The zero-order chi connectivity index (χ0) is 30.8. The number of rotatable bonds is 13. The molecule has 0 aliphatic carbocycles. The van der Waals surface area contributed by atoms with Crippen molar-refractivity contribution in [2.75, 3.05) is 37.7 Å². The number of aromatic amines is 1. The third-order valence-corrected chi connectivity index (χ3v) is 11.1. The average molecular weight is 623 g/mol. The molecule has 1 N–H and O–H groups in total. The fraction of sp³-hybridized carbons (Fsp3) is 0.621. The molecular formula is C29H45N5O6PS+. The van der Waals surface area contributed by atoms with Gasteiger partial charge in [0.05, 0.1) is 30.8 Å². The molecule has 1 aliphatic heterocycles. The van der Waals surface area contributed by atoms with Crippen LogP contribution in [0.2, 0.25) is 0 Å². The lowest BCUT2D eigenvalue weighted by Crippen LogP contribution is -2.56. The minimum absolute atomic E-state index is 0.000766. The molecule has 11 nitrogen and oxygen atoms in total. The summed E-state index contributed by atoms with van der Waals surface area (Å²) in [5, 5.41) is 1.96. The van der Waals surface area contributed by atoms with Crippen LogP contribution in [0.1, 0.15) is 96.3 Å². The van der Waals surface area contributed by atoms with Crippen LogP contribution in [0.25, 0.3) is 11.2 Å². The summed E-state index contributed by atoms with van der Waals surface area (Å²) in [4.78, 5) is 12.2. The number of H-pyrrole nitrogens is 1. The maximum Gasteiger partial charge on any atom is 0.356 e. The van der Waals surface area contributed by atoms with Crippen LogP contribution in [0.4, 0.5) is 0 Å². The minimum Gasteiger partial charge on any atom is -0.364 e. The van der Waals surface area contributed by atoms with Gasteiger partial charge in [-0.3, -0.25) is 14.6 Å². The van der Waals surface area contributed by atoms with Gasteiger partial charge in [0.2, 0.25) is 26.7 Å². The fourth-order valence-corrected chi connectivity index (χ4v) is 8.72. The van der Waals surface area contributed by atoms with Crippen LogP contribution in [0.3, 0.4) is 0 Å². The number of fused-ring (bicyclic) bond motifs is 1. The lowest BCUT2D eigenvalue weighted by molar-refractivity contribution is -0.667. The summed E-state index contributed by atoms with van der Waals surface area (Å²) in [5.74, 6) is 0.266. The van der Waals surface area contributed by atoms with E-state index in [2.05, 4.69) is 28.8 Å². The van der Waals surface area contributed by atoms with E-state index in [4.69, 9.17) is 13.8 Å². The number of nitrogens with one attached hydrogen (secondary N) is 1. The molecule has 3 heterocycles. The van der Waals surface area contributed by atoms with E-state index in [9.17, 15) is 13.0 Å². The smallest absolute Gasteiger partial charge is 0.356 e. The highest BCUT2D eigenvalue weighted by molar-refractivity contribution is 7.91. The Morgan fingerprint density at radius 2 is 1.64 bits per heavy atom. The SMILES string of the molecule is CCOP(=O)(COC1CCN([n+]2c[nH]c3c(S(=O)(=O)c4c(C(C)C)cc(C(C)C)cc4C(C)C)ncnc32)C1)OCC. The average Bonchev–Trinajstić information content (AvgIpc) is 3.58. The van der Waals surface area contributed by atoms with Crippen molar-refractivity contribution in [2.45, 2.75) is 95.6 Å². The number of nitrogens with zero attached hydrogens (tertiary/aromatic N) is 4. The molecule has 13 heteroatoms. The van der Waals surface area contributed by atoms with Crippen molar-refractivity contribution < 1.29 is 31.4 Å². The predicted octanol–water partition coefficient (Wildman–Crippen LogP) is 5.40. The molecule has 1 aliphatic rings.